The summed E-state index contributed by atoms with van der Waals surface area (Å²) in [5, 5.41) is 3.70. The number of morpholine rings is 2. The Labute approximate surface area is 185 Å². The first-order valence-electron chi connectivity index (χ1n) is 10.1. The first kappa shape index (κ1) is 21.5. The molecule has 30 heavy (non-hydrogen) atoms. The van der Waals surface area contributed by atoms with Crippen molar-refractivity contribution in [2.75, 3.05) is 52.6 Å². The van der Waals surface area contributed by atoms with E-state index in [4.69, 9.17) is 25.8 Å². The van der Waals surface area contributed by atoms with Gasteiger partial charge in [-0.2, -0.15) is 0 Å². The molecule has 4 rings (SSSR count). The van der Waals surface area contributed by atoms with Crippen LogP contribution in [-0.4, -0.2) is 78.9 Å². The Balaban J connectivity index is 1.47. The molecular weight excluding hydrogens is 426 g/mol. The summed E-state index contributed by atoms with van der Waals surface area (Å²) in [4.78, 5) is 21.6. The number of benzene rings is 1. The molecule has 9 heteroatoms. The zero-order chi connectivity index (χ0) is 20.8. The van der Waals surface area contributed by atoms with E-state index in [2.05, 4.69) is 9.88 Å². The Bertz CT molecular complexity index is 814. The van der Waals surface area contributed by atoms with Crippen LogP contribution in [0.3, 0.4) is 0 Å². The van der Waals surface area contributed by atoms with Gasteiger partial charge in [0, 0.05) is 42.8 Å². The van der Waals surface area contributed by atoms with Crippen molar-refractivity contribution in [2.45, 2.75) is 18.6 Å². The number of ether oxygens (including phenoxy) is 3. The summed E-state index contributed by atoms with van der Waals surface area (Å²) in [6, 6.07) is 7.24. The molecule has 2 aromatic rings. The highest BCUT2D eigenvalue weighted by molar-refractivity contribution is 7.09. The molecule has 162 valence electrons. The lowest BCUT2D eigenvalue weighted by Crippen LogP contribution is -2.57. The molecule has 0 spiro atoms. The summed E-state index contributed by atoms with van der Waals surface area (Å²) in [7, 11) is 0. The van der Waals surface area contributed by atoms with Crippen LogP contribution < -0.4 is 4.74 Å². The summed E-state index contributed by atoms with van der Waals surface area (Å²) in [5.74, 6) is 0.785. The van der Waals surface area contributed by atoms with E-state index < -0.39 is 5.60 Å². The van der Waals surface area contributed by atoms with E-state index in [-0.39, 0.29) is 12.3 Å². The molecule has 1 aromatic heterocycles. The molecule has 7 nitrogen and oxygen atoms in total. The van der Waals surface area contributed by atoms with Crippen molar-refractivity contribution in [3.05, 3.63) is 45.9 Å². The number of halogens is 1. The average molecular weight is 452 g/mol. The van der Waals surface area contributed by atoms with Gasteiger partial charge in [0.2, 0.25) is 5.91 Å². The third kappa shape index (κ3) is 5.70. The maximum absolute atomic E-state index is 13.0. The molecule has 2 aliphatic rings. The second kappa shape index (κ2) is 10.1. The highest BCUT2D eigenvalue weighted by Crippen LogP contribution is 2.27. The van der Waals surface area contributed by atoms with Gasteiger partial charge in [0.1, 0.15) is 23.0 Å². The minimum Gasteiger partial charge on any atom is -0.491 e. The third-order valence-corrected chi connectivity index (χ3v) is 6.34. The Morgan fingerprint density at radius 1 is 1.20 bits per heavy atom. The highest BCUT2D eigenvalue weighted by atomic mass is 35.5. The van der Waals surface area contributed by atoms with Crippen molar-refractivity contribution in [3.8, 4) is 5.75 Å². The molecule has 0 bridgehead atoms. The standard InChI is InChI=1S/C21H26ClN3O4S/c22-17-1-3-18(4-2-17)28-16-21(13-20(26)25-7-9-27-10-8-25)15-24(6-11-29-21)14-19-23-5-12-30-19/h1-5,12H,6-11,13-16H2/t21-/m1/s1. The van der Waals surface area contributed by atoms with Gasteiger partial charge in [-0.15, -0.1) is 11.3 Å². The van der Waals surface area contributed by atoms with Gasteiger partial charge < -0.3 is 19.1 Å². The van der Waals surface area contributed by atoms with Gasteiger partial charge >= 0.3 is 0 Å². The number of nitrogens with zero attached hydrogens (tertiary/aromatic N) is 3. The van der Waals surface area contributed by atoms with Gasteiger partial charge in [-0.25, -0.2) is 4.98 Å². The number of hydrogen-bond donors (Lipinski definition) is 0. The Morgan fingerprint density at radius 2 is 2.00 bits per heavy atom. The number of carbonyl (C=O) groups is 1. The second-order valence-corrected chi connectivity index (χ2v) is 9.00. The van der Waals surface area contributed by atoms with Gasteiger partial charge in [-0.05, 0) is 24.3 Å². The first-order valence-corrected chi connectivity index (χ1v) is 11.4. The molecular formula is C21H26ClN3O4S. The summed E-state index contributed by atoms with van der Waals surface area (Å²) in [6.07, 6.45) is 2.09. The van der Waals surface area contributed by atoms with Crippen molar-refractivity contribution >= 4 is 28.8 Å². The normalized spacial score (nSPS) is 22.8. The van der Waals surface area contributed by atoms with Crippen molar-refractivity contribution in [1.82, 2.24) is 14.8 Å². The molecule has 2 aliphatic heterocycles. The smallest absolute Gasteiger partial charge is 0.225 e. The lowest BCUT2D eigenvalue weighted by molar-refractivity contribution is -0.159. The summed E-state index contributed by atoms with van der Waals surface area (Å²) in [5.41, 5.74) is -0.718. The van der Waals surface area contributed by atoms with Crippen LogP contribution >= 0.6 is 22.9 Å². The maximum atomic E-state index is 13.0. The van der Waals surface area contributed by atoms with Crippen LogP contribution in [0.15, 0.2) is 35.8 Å². The molecule has 0 N–H and O–H groups in total. The van der Waals surface area contributed by atoms with Crippen molar-refractivity contribution in [1.29, 1.82) is 0 Å². The Kier molecular flexibility index (Phi) is 7.22. The molecule has 2 saturated heterocycles. The number of thiazole rings is 1. The lowest BCUT2D eigenvalue weighted by atomic mass is 9.96. The number of amides is 1. The van der Waals surface area contributed by atoms with E-state index >= 15 is 0 Å². The lowest BCUT2D eigenvalue weighted by Gasteiger charge is -2.43. The van der Waals surface area contributed by atoms with Crippen LogP contribution in [0.5, 0.6) is 5.75 Å². The topological polar surface area (TPSA) is 64.1 Å². The predicted molar refractivity (Wildman–Crippen MR) is 115 cm³/mol. The fraction of sp³-hybridized carbons (Fsp3) is 0.524. The van der Waals surface area contributed by atoms with Gasteiger partial charge in [-0.1, -0.05) is 11.6 Å². The van der Waals surface area contributed by atoms with Crippen molar-refractivity contribution in [3.63, 3.8) is 0 Å². The number of rotatable bonds is 7. The zero-order valence-electron chi connectivity index (χ0n) is 16.8. The summed E-state index contributed by atoms with van der Waals surface area (Å²) >= 11 is 7.62. The van der Waals surface area contributed by atoms with E-state index in [9.17, 15) is 4.79 Å². The van der Waals surface area contributed by atoms with Crippen LogP contribution in [0, 0.1) is 0 Å². The molecule has 0 radical (unpaired) electrons. The number of hydrogen-bond acceptors (Lipinski definition) is 7. The van der Waals surface area contributed by atoms with Gasteiger partial charge in [0.25, 0.3) is 0 Å². The molecule has 0 aliphatic carbocycles. The van der Waals surface area contributed by atoms with Crippen LogP contribution in [0.25, 0.3) is 0 Å². The minimum absolute atomic E-state index is 0.0779. The third-order valence-electron chi connectivity index (χ3n) is 5.32. The van der Waals surface area contributed by atoms with Gasteiger partial charge in [0.15, 0.2) is 0 Å². The van der Waals surface area contributed by atoms with Gasteiger partial charge in [-0.3, -0.25) is 9.69 Å². The SMILES string of the molecule is O=C(C[C@]1(COc2ccc(Cl)cc2)CN(Cc2nccs2)CCO1)N1CCOCC1. The van der Waals surface area contributed by atoms with Crippen LogP contribution in [0.2, 0.25) is 5.02 Å². The van der Waals surface area contributed by atoms with E-state index in [1.165, 1.54) is 0 Å². The highest BCUT2D eigenvalue weighted by Gasteiger charge is 2.41. The van der Waals surface area contributed by atoms with E-state index in [1.807, 2.05) is 28.6 Å². The second-order valence-electron chi connectivity index (χ2n) is 7.58. The van der Waals surface area contributed by atoms with Crippen LogP contribution in [-0.2, 0) is 20.8 Å². The Morgan fingerprint density at radius 3 is 2.73 bits per heavy atom. The number of aromatic nitrogens is 1. The quantitative estimate of drug-likeness (QED) is 0.645. The predicted octanol–water partition coefficient (Wildman–Crippen LogP) is 2.70. The Hall–Kier alpha value is -1.71. The van der Waals surface area contributed by atoms with Crippen molar-refractivity contribution < 1.29 is 19.0 Å². The molecule has 2 fully saturated rings. The van der Waals surface area contributed by atoms with Crippen LogP contribution in [0.1, 0.15) is 11.4 Å². The van der Waals surface area contributed by atoms with E-state index in [0.29, 0.717) is 56.8 Å². The molecule has 1 atom stereocenters. The minimum atomic E-state index is -0.718. The van der Waals surface area contributed by atoms with Crippen molar-refractivity contribution in [2.24, 2.45) is 0 Å². The molecule has 1 amide bonds. The first-order chi connectivity index (χ1) is 14.6. The largest absolute Gasteiger partial charge is 0.491 e. The summed E-state index contributed by atoms with van der Waals surface area (Å²) < 4.78 is 17.7. The van der Waals surface area contributed by atoms with Gasteiger partial charge in [0.05, 0.1) is 32.8 Å². The monoisotopic (exact) mass is 451 g/mol. The molecule has 1 aromatic carbocycles. The maximum Gasteiger partial charge on any atom is 0.225 e. The molecule has 0 unspecified atom stereocenters. The molecule has 3 heterocycles. The average Bonchev–Trinajstić information content (AvgIpc) is 3.27. The fourth-order valence-corrected chi connectivity index (χ4v) is 4.56. The zero-order valence-corrected chi connectivity index (χ0v) is 18.4. The number of carbonyl (C=O) groups excluding carboxylic acids is 1. The molecule has 0 saturated carbocycles. The van der Waals surface area contributed by atoms with E-state index in [0.717, 1.165) is 18.1 Å². The fourth-order valence-electron chi connectivity index (χ4n) is 3.77. The summed E-state index contributed by atoms with van der Waals surface area (Å²) in [6.45, 7) is 5.39. The van der Waals surface area contributed by atoms with E-state index in [1.54, 1.807) is 23.5 Å². The van der Waals surface area contributed by atoms with Crippen LogP contribution in [0.4, 0.5) is 0 Å².